The van der Waals surface area contributed by atoms with E-state index in [-0.39, 0.29) is 22.7 Å². The third-order valence-electron chi connectivity index (χ3n) is 3.19. The largest absolute Gasteiger partial charge is 0.381 e. The quantitative estimate of drug-likeness (QED) is 0.481. The number of hydrogen-bond acceptors (Lipinski definition) is 5. The molecule has 2 heterocycles. The standard InChI is InChI=1S/C16H12Cl2N6O/c17-10-5-3-6-11-12(10)24-15(23-11)16(25)20-7-2-1-4-9-8-21-14(19)13(18)22-9/h3,5-6,8H,2,7H2,(H2,19,21)(H,20,25)(H,23,24). The van der Waals surface area contributed by atoms with Gasteiger partial charge in [-0.3, -0.25) is 4.79 Å². The molecular formula is C16H12Cl2N6O. The molecule has 4 N–H and O–H groups in total. The zero-order valence-electron chi connectivity index (χ0n) is 12.8. The highest BCUT2D eigenvalue weighted by molar-refractivity contribution is 6.35. The van der Waals surface area contributed by atoms with Crippen LogP contribution in [-0.2, 0) is 0 Å². The number of aromatic nitrogens is 4. The van der Waals surface area contributed by atoms with Crippen molar-refractivity contribution in [2.75, 3.05) is 12.3 Å². The molecule has 0 atom stereocenters. The van der Waals surface area contributed by atoms with Gasteiger partial charge in [0, 0.05) is 13.0 Å². The normalized spacial score (nSPS) is 10.3. The lowest BCUT2D eigenvalue weighted by Gasteiger charge is -1.98. The van der Waals surface area contributed by atoms with Gasteiger partial charge in [-0.2, -0.15) is 0 Å². The van der Waals surface area contributed by atoms with E-state index in [1.54, 1.807) is 18.2 Å². The average molecular weight is 375 g/mol. The number of para-hydroxylation sites is 1. The molecule has 0 saturated carbocycles. The minimum atomic E-state index is -0.329. The number of nitrogens with one attached hydrogen (secondary N) is 2. The molecule has 126 valence electrons. The van der Waals surface area contributed by atoms with E-state index in [0.29, 0.717) is 34.7 Å². The van der Waals surface area contributed by atoms with E-state index in [0.717, 1.165) is 0 Å². The Morgan fingerprint density at radius 2 is 2.16 bits per heavy atom. The molecule has 9 heteroatoms. The van der Waals surface area contributed by atoms with Gasteiger partial charge in [0.15, 0.2) is 16.8 Å². The number of anilines is 1. The van der Waals surface area contributed by atoms with Crippen LogP contribution in [-0.4, -0.2) is 32.4 Å². The zero-order valence-corrected chi connectivity index (χ0v) is 14.3. The topological polar surface area (TPSA) is 110 Å². The van der Waals surface area contributed by atoms with E-state index in [2.05, 4.69) is 37.1 Å². The minimum Gasteiger partial charge on any atom is -0.381 e. The molecule has 2 aromatic heterocycles. The number of rotatable bonds is 3. The number of H-pyrrole nitrogens is 1. The Morgan fingerprint density at radius 3 is 2.92 bits per heavy atom. The number of aromatic amines is 1. The lowest BCUT2D eigenvalue weighted by Crippen LogP contribution is -2.25. The molecule has 1 aromatic carbocycles. The van der Waals surface area contributed by atoms with E-state index in [9.17, 15) is 4.79 Å². The van der Waals surface area contributed by atoms with Crippen LogP contribution in [0.5, 0.6) is 0 Å². The first-order valence-corrected chi connectivity index (χ1v) is 7.99. The third-order valence-corrected chi connectivity index (χ3v) is 3.77. The minimum absolute atomic E-state index is 0.114. The van der Waals surface area contributed by atoms with Crippen molar-refractivity contribution >= 4 is 46.0 Å². The van der Waals surface area contributed by atoms with Crippen molar-refractivity contribution in [1.29, 1.82) is 0 Å². The molecule has 0 aliphatic rings. The molecule has 0 aliphatic carbocycles. The van der Waals surface area contributed by atoms with Gasteiger partial charge in [0.05, 0.1) is 16.7 Å². The molecule has 25 heavy (non-hydrogen) atoms. The first kappa shape index (κ1) is 17.0. The number of amides is 1. The summed E-state index contributed by atoms with van der Waals surface area (Å²) in [6.45, 7) is 0.354. The number of carbonyl (C=O) groups excluding carboxylic acids is 1. The van der Waals surface area contributed by atoms with Crippen molar-refractivity contribution in [2.24, 2.45) is 0 Å². The molecule has 0 aliphatic heterocycles. The first-order valence-electron chi connectivity index (χ1n) is 7.24. The lowest BCUT2D eigenvalue weighted by molar-refractivity contribution is 0.0945. The van der Waals surface area contributed by atoms with Crippen LogP contribution in [0.2, 0.25) is 10.2 Å². The Morgan fingerprint density at radius 1 is 1.32 bits per heavy atom. The highest BCUT2D eigenvalue weighted by Crippen LogP contribution is 2.20. The number of halogens is 2. The Bertz CT molecular complexity index is 1000. The molecule has 0 spiro atoms. The summed E-state index contributed by atoms with van der Waals surface area (Å²) in [6, 6.07) is 5.30. The Balaban J connectivity index is 1.56. The molecule has 0 fully saturated rings. The van der Waals surface area contributed by atoms with Gasteiger partial charge in [-0.05, 0) is 18.1 Å². The Labute approximate surface area is 153 Å². The van der Waals surface area contributed by atoms with Crippen molar-refractivity contribution in [3.8, 4) is 11.8 Å². The fourth-order valence-electron chi connectivity index (χ4n) is 2.02. The van der Waals surface area contributed by atoms with Crippen molar-refractivity contribution in [1.82, 2.24) is 25.3 Å². The molecule has 0 bridgehead atoms. The van der Waals surface area contributed by atoms with Gasteiger partial charge in [-0.15, -0.1) is 0 Å². The number of nitrogens with zero attached hydrogens (tertiary/aromatic N) is 3. The van der Waals surface area contributed by atoms with Crippen molar-refractivity contribution in [2.45, 2.75) is 6.42 Å². The lowest BCUT2D eigenvalue weighted by atomic mass is 10.3. The number of benzene rings is 1. The molecule has 0 unspecified atom stereocenters. The second kappa shape index (κ2) is 7.38. The first-order chi connectivity index (χ1) is 12.0. The van der Waals surface area contributed by atoms with Crippen LogP contribution >= 0.6 is 23.2 Å². The van der Waals surface area contributed by atoms with Crippen LogP contribution in [0.1, 0.15) is 22.7 Å². The Hall–Kier alpha value is -2.82. The van der Waals surface area contributed by atoms with E-state index in [1.807, 2.05) is 0 Å². The van der Waals surface area contributed by atoms with Crippen molar-refractivity contribution in [3.63, 3.8) is 0 Å². The monoisotopic (exact) mass is 374 g/mol. The van der Waals surface area contributed by atoms with Crippen LogP contribution in [0.15, 0.2) is 24.4 Å². The number of fused-ring (bicyclic) bond motifs is 1. The van der Waals surface area contributed by atoms with E-state index < -0.39 is 0 Å². The van der Waals surface area contributed by atoms with Crippen LogP contribution in [0.3, 0.4) is 0 Å². The highest BCUT2D eigenvalue weighted by Gasteiger charge is 2.12. The maximum absolute atomic E-state index is 12.1. The summed E-state index contributed by atoms with van der Waals surface area (Å²) in [5.74, 6) is 5.70. The van der Waals surface area contributed by atoms with Crippen LogP contribution in [0.25, 0.3) is 11.0 Å². The second-order valence-corrected chi connectivity index (χ2v) is 5.73. The van der Waals surface area contributed by atoms with E-state index in [4.69, 9.17) is 28.9 Å². The summed E-state index contributed by atoms with van der Waals surface area (Å²) in [5.41, 5.74) is 7.15. The fourth-order valence-corrected chi connectivity index (χ4v) is 2.37. The zero-order chi connectivity index (χ0) is 17.8. The molecule has 3 rings (SSSR count). The Kier molecular flexibility index (Phi) is 5.03. The van der Waals surface area contributed by atoms with Crippen molar-refractivity contribution < 1.29 is 4.79 Å². The van der Waals surface area contributed by atoms with Crippen LogP contribution in [0, 0.1) is 11.8 Å². The second-order valence-electron chi connectivity index (χ2n) is 4.96. The maximum Gasteiger partial charge on any atom is 0.287 e. The number of carbonyl (C=O) groups is 1. The summed E-state index contributed by atoms with van der Waals surface area (Å²) < 4.78 is 0. The van der Waals surface area contributed by atoms with Crippen molar-refractivity contribution in [3.05, 3.63) is 46.1 Å². The average Bonchev–Trinajstić information content (AvgIpc) is 3.03. The summed E-state index contributed by atoms with van der Waals surface area (Å²) in [6.07, 6.45) is 1.86. The predicted molar refractivity (Wildman–Crippen MR) is 96.4 cm³/mol. The van der Waals surface area contributed by atoms with Gasteiger partial charge in [0.2, 0.25) is 0 Å². The molecule has 3 aromatic rings. The van der Waals surface area contributed by atoms with E-state index >= 15 is 0 Å². The number of nitrogens with two attached hydrogens (primary N) is 1. The molecular weight excluding hydrogens is 363 g/mol. The van der Waals surface area contributed by atoms with Gasteiger partial charge >= 0.3 is 0 Å². The summed E-state index contributed by atoms with van der Waals surface area (Å²) in [5, 5.41) is 3.33. The molecule has 1 amide bonds. The van der Waals surface area contributed by atoms with E-state index in [1.165, 1.54) is 6.20 Å². The predicted octanol–water partition coefficient (Wildman–Crippen LogP) is 2.41. The summed E-state index contributed by atoms with van der Waals surface area (Å²) >= 11 is 11.8. The SMILES string of the molecule is Nc1ncc(C#CCCNC(=O)c2nc3c(Cl)cccc3[nH]2)nc1Cl. The number of imidazole rings is 1. The van der Waals surface area contributed by atoms with Crippen LogP contribution in [0.4, 0.5) is 5.82 Å². The molecule has 7 nitrogen and oxygen atoms in total. The number of nitrogen functional groups attached to an aromatic ring is 1. The van der Waals surface area contributed by atoms with Gasteiger partial charge in [-0.1, -0.05) is 35.2 Å². The fraction of sp³-hybridized carbons (Fsp3) is 0.125. The van der Waals surface area contributed by atoms with Gasteiger partial charge in [0.1, 0.15) is 11.2 Å². The van der Waals surface area contributed by atoms with Gasteiger partial charge < -0.3 is 16.0 Å². The smallest absolute Gasteiger partial charge is 0.287 e. The summed E-state index contributed by atoms with van der Waals surface area (Å²) in [4.78, 5) is 27.0. The van der Waals surface area contributed by atoms with Crippen LogP contribution < -0.4 is 11.1 Å². The van der Waals surface area contributed by atoms with Gasteiger partial charge in [0.25, 0.3) is 5.91 Å². The highest BCUT2D eigenvalue weighted by atomic mass is 35.5. The molecule has 0 radical (unpaired) electrons. The molecule has 0 saturated heterocycles. The van der Waals surface area contributed by atoms with Gasteiger partial charge in [-0.25, -0.2) is 15.0 Å². The number of hydrogen-bond donors (Lipinski definition) is 3. The third kappa shape index (κ3) is 3.99. The maximum atomic E-state index is 12.1. The summed E-state index contributed by atoms with van der Waals surface area (Å²) in [7, 11) is 0.